The molecule has 4 aromatic heterocycles. The summed E-state index contributed by atoms with van der Waals surface area (Å²) >= 11 is 0. The number of likely N-dealkylation sites (N-methyl/N-ethyl adjacent to an activating group) is 1. The van der Waals surface area contributed by atoms with E-state index >= 15 is 0 Å². The summed E-state index contributed by atoms with van der Waals surface area (Å²) in [5, 5.41) is 28.4. The van der Waals surface area contributed by atoms with Crippen LogP contribution in [0.1, 0.15) is 55.9 Å². The fraction of sp³-hybridized carbons (Fsp3) is 0.533. The SMILES string of the molecule is CCOc1nn([C@@H](C)CN2CC[C@@H](O)C2)c2c1/C=C/c1n[nH]c3cnc(cc13)-c1c(C)nn(C)c1O[C@@H](C)CN(C)C2. The molecule has 1 saturated heterocycles. The molecule has 2 N–H and O–H groups in total. The number of aromatic nitrogens is 7. The molecule has 6 heterocycles. The van der Waals surface area contributed by atoms with Crippen molar-refractivity contribution in [3.8, 4) is 23.0 Å². The number of ether oxygens (including phenoxy) is 2. The highest BCUT2D eigenvalue weighted by Crippen LogP contribution is 2.35. The maximum atomic E-state index is 10.1. The van der Waals surface area contributed by atoms with E-state index in [2.05, 4.69) is 56.7 Å². The van der Waals surface area contributed by atoms with Crippen molar-refractivity contribution in [2.75, 3.05) is 39.8 Å². The van der Waals surface area contributed by atoms with Gasteiger partial charge in [-0.15, -0.1) is 5.10 Å². The van der Waals surface area contributed by atoms with Gasteiger partial charge in [-0.2, -0.15) is 10.2 Å². The number of nitrogens with one attached hydrogen (secondary N) is 1. The smallest absolute Gasteiger partial charge is 0.240 e. The molecule has 0 radical (unpaired) electrons. The molecule has 12 heteroatoms. The van der Waals surface area contributed by atoms with Crippen LogP contribution in [0.5, 0.6) is 11.8 Å². The molecular formula is C30H41N9O3. The molecule has 2 aliphatic rings. The topological polar surface area (TPSA) is 122 Å². The maximum Gasteiger partial charge on any atom is 0.240 e. The van der Waals surface area contributed by atoms with Crippen LogP contribution < -0.4 is 9.47 Å². The highest BCUT2D eigenvalue weighted by Gasteiger charge is 2.27. The summed E-state index contributed by atoms with van der Waals surface area (Å²) in [7, 11) is 4.00. The molecule has 2 aliphatic heterocycles. The van der Waals surface area contributed by atoms with Crippen molar-refractivity contribution in [1.29, 1.82) is 0 Å². The summed E-state index contributed by atoms with van der Waals surface area (Å²) in [4.78, 5) is 9.30. The molecule has 1 fully saturated rings. The van der Waals surface area contributed by atoms with Crippen LogP contribution in [0.15, 0.2) is 12.3 Å². The van der Waals surface area contributed by atoms with Crippen LogP contribution in [0.2, 0.25) is 0 Å². The van der Waals surface area contributed by atoms with Gasteiger partial charge < -0.3 is 14.6 Å². The molecule has 3 atom stereocenters. The van der Waals surface area contributed by atoms with Gasteiger partial charge in [-0.25, -0.2) is 4.68 Å². The summed E-state index contributed by atoms with van der Waals surface area (Å²) < 4.78 is 16.5. The average molecular weight is 576 g/mol. The normalized spacial score (nSPS) is 21.5. The number of hydrogen-bond acceptors (Lipinski definition) is 9. The monoisotopic (exact) mass is 575 g/mol. The Morgan fingerprint density at radius 3 is 2.81 bits per heavy atom. The first-order valence-corrected chi connectivity index (χ1v) is 14.8. The largest absolute Gasteiger partial charge is 0.476 e. The van der Waals surface area contributed by atoms with E-state index in [9.17, 15) is 5.11 Å². The number of likely N-dealkylation sites (tertiary alicyclic amines) is 1. The Morgan fingerprint density at radius 1 is 1.21 bits per heavy atom. The number of nitrogens with zero attached hydrogens (tertiary/aromatic N) is 8. The van der Waals surface area contributed by atoms with Gasteiger partial charge in [-0.3, -0.25) is 24.6 Å². The zero-order valence-corrected chi connectivity index (χ0v) is 25.3. The zero-order valence-electron chi connectivity index (χ0n) is 25.3. The van der Waals surface area contributed by atoms with Crippen molar-refractivity contribution >= 4 is 23.1 Å². The number of aryl methyl sites for hydroxylation is 2. The second kappa shape index (κ2) is 11.5. The van der Waals surface area contributed by atoms with Crippen LogP contribution in [0.3, 0.4) is 0 Å². The Balaban J connectivity index is 1.47. The van der Waals surface area contributed by atoms with Gasteiger partial charge in [0.15, 0.2) is 0 Å². The van der Waals surface area contributed by atoms with E-state index in [1.807, 2.05) is 39.2 Å². The number of β-amino-alcohol motifs (C(OH)–C–C–N with tert-alkyl or cyclic N) is 1. The summed E-state index contributed by atoms with van der Waals surface area (Å²) in [6, 6.07) is 2.13. The summed E-state index contributed by atoms with van der Waals surface area (Å²) in [6.45, 7) is 12.4. The molecule has 0 spiro atoms. The van der Waals surface area contributed by atoms with Crippen LogP contribution in [0.25, 0.3) is 34.3 Å². The van der Waals surface area contributed by atoms with Crippen LogP contribution in [0.4, 0.5) is 0 Å². The van der Waals surface area contributed by atoms with Crippen molar-refractivity contribution in [1.82, 2.24) is 44.5 Å². The third-order valence-corrected chi connectivity index (χ3v) is 8.10. The van der Waals surface area contributed by atoms with E-state index in [0.29, 0.717) is 38.0 Å². The molecule has 4 aromatic rings. The van der Waals surface area contributed by atoms with Crippen molar-refractivity contribution in [2.45, 2.75) is 58.9 Å². The first-order chi connectivity index (χ1) is 20.2. The molecule has 12 nitrogen and oxygen atoms in total. The van der Waals surface area contributed by atoms with Crippen molar-refractivity contribution < 1.29 is 14.6 Å². The molecule has 6 rings (SSSR count). The van der Waals surface area contributed by atoms with E-state index in [0.717, 1.165) is 64.3 Å². The third-order valence-electron chi connectivity index (χ3n) is 8.10. The minimum absolute atomic E-state index is 0.0793. The van der Waals surface area contributed by atoms with E-state index in [1.54, 1.807) is 4.68 Å². The highest BCUT2D eigenvalue weighted by molar-refractivity contribution is 5.92. The van der Waals surface area contributed by atoms with Crippen molar-refractivity contribution in [3.63, 3.8) is 0 Å². The van der Waals surface area contributed by atoms with E-state index in [-0.39, 0.29) is 18.2 Å². The molecular weight excluding hydrogens is 534 g/mol. The Morgan fingerprint density at radius 2 is 2.05 bits per heavy atom. The molecule has 0 unspecified atom stereocenters. The third kappa shape index (κ3) is 5.41. The number of aromatic amines is 1. The van der Waals surface area contributed by atoms with Gasteiger partial charge in [0.1, 0.15) is 6.10 Å². The summed E-state index contributed by atoms with van der Waals surface area (Å²) in [5.41, 5.74) is 6.19. The first-order valence-electron chi connectivity index (χ1n) is 14.8. The minimum Gasteiger partial charge on any atom is -0.476 e. The Kier molecular flexibility index (Phi) is 7.77. The van der Waals surface area contributed by atoms with Crippen LogP contribution in [-0.4, -0.2) is 102 Å². The fourth-order valence-electron chi connectivity index (χ4n) is 6.24. The van der Waals surface area contributed by atoms with Crippen LogP contribution in [0, 0.1) is 6.92 Å². The lowest BCUT2D eigenvalue weighted by Crippen LogP contribution is -2.33. The number of H-pyrrole nitrogens is 1. The predicted molar refractivity (Wildman–Crippen MR) is 161 cm³/mol. The molecule has 2 bridgehead atoms. The molecule has 0 saturated carbocycles. The lowest BCUT2D eigenvalue weighted by atomic mass is 10.1. The van der Waals surface area contributed by atoms with Gasteiger partial charge >= 0.3 is 0 Å². The van der Waals surface area contributed by atoms with Gasteiger partial charge in [-0.1, -0.05) is 0 Å². The lowest BCUT2D eigenvalue weighted by molar-refractivity contribution is 0.145. The number of aliphatic hydroxyl groups is 1. The maximum absolute atomic E-state index is 10.1. The second-order valence-corrected chi connectivity index (χ2v) is 11.7. The van der Waals surface area contributed by atoms with Gasteiger partial charge in [0.2, 0.25) is 11.8 Å². The molecule has 42 heavy (non-hydrogen) atoms. The highest BCUT2D eigenvalue weighted by atomic mass is 16.5. The van der Waals surface area contributed by atoms with Gasteiger partial charge in [-0.05, 0) is 59.4 Å². The second-order valence-electron chi connectivity index (χ2n) is 11.7. The van der Waals surface area contributed by atoms with Crippen LogP contribution >= 0.6 is 0 Å². The van der Waals surface area contributed by atoms with Gasteiger partial charge in [0.05, 0.1) is 64.4 Å². The lowest BCUT2D eigenvalue weighted by Gasteiger charge is -2.26. The number of rotatable bonds is 5. The zero-order chi connectivity index (χ0) is 29.5. The van der Waals surface area contributed by atoms with E-state index < -0.39 is 0 Å². The number of hydrogen-bond donors (Lipinski definition) is 2. The van der Waals surface area contributed by atoms with Crippen molar-refractivity contribution in [2.24, 2.45) is 7.05 Å². The first kappa shape index (κ1) is 28.4. The van der Waals surface area contributed by atoms with E-state index in [1.165, 1.54) is 0 Å². The van der Waals surface area contributed by atoms with Crippen molar-refractivity contribution in [3.05, 3.63) is 34.9 Å². The minimum atomic E-state index is -0.259. The quantitative estimate of drug-likeness (QED) is 0.369. The number of pyridine rings is 1. The Hall–Kier alpha value is -3.74. The molecule has 0 amide bonds. The summed E-state index contributed by atoms with van der Waals surface area (Å²) in [5.74, 6) is 1.30. The van der Waals surface area contributed by atoms with Gasteiger partial charge in [0, 0.05) is 45.2 Å². The predicted octanol–water partition coefficient (Wildman–Crippen LogP) is 3.27. The molecule has 224 valence electrons. The fourth-order valence-corrected chi connectivity index (χ4v) is 6.24. The Bertz CT molecular complexity index is 1600. The van der Waals surface area contributed by atoms with E-state index in [4.69, 9.17) is 19.6 Å². The number of fused-ring (bicyclic) bond motifs is 4. The standard InChI is InChI=1S/C30H41N9O3/c1-7-41-29-22-8-9-24-23-12-25(31-13-26(23)33-32-24)28-20(4)34-37(6)30(28)42-19(3)15-36(5)17-27(22)39(35-29)18(2)14-38-11-10-21(40)16-38/h8-9,12-13,18-19,21,40H,7,10-11,14-17H2,1-6H3,(H,32,33)/b9-8+/t18-,19-,21+/m0/s1. The molecule has 0 aliphatic carbocycles. The molecule has 0 aromatic carbocycles. The van der Waals surface area contributed by atoms with Gasteiger partial charge in [0.25, 0.3) is 0 Å². The van der Waals surface area contributed by atoms with Crippen LogP contribution in [-0.2, 0) is 13.6 Å². The number of aliphatic hydroxyl groups excluding tert-OH is 1. The summed E-state index contributed by atoms with van der Waals surface area (Å²) in [6.07, 6.45) is 6.33. The average Bonchev–Trinajstić information content (AvgIpc) is 3.68. The Labute approximate surface area is 245 Å².